The second kappa shape index (κ2) is 5.44. The molecule has 0 saturated heterocycles. The topological polar surface area (TPSA) is 50.7 Å². The van der Waals surface area contributed by atoms with Crippen molar-refractivity contribution >= 4 is 50.6 Å². The zero-order valence-corrected chi connectivity index (χ0v) is 13.0. The highest BCUT2D eigenvalue weighted by Crippen LogP contribution is 2.36. The molecule has 3 heterocycles. The van der Waals surface area contributed by atoms with E-state index in [2.05, 4.69) is 33.3 Å². The van der Waals surface area contributed by atoms with E-state index < -0.39 is 0 Å². The van der Waals surface area contributed by atoms with Crippen molar-refractivity contribution in [3.05, 3.63) is 22.5 Å². The summed E-state index contributed by atoms with van der Waals surface area (Å²) in [7, 11) is 0. The summed E-state index contributed by atoms with van der Waals surface area (Å²) in [6, 6.07) is 2.14. The van der Waals surface area contributed by atoms with Crippen LogP contribution in [-0.2, 0) is 0 Å². The average Bonchev–Trinajstić information content (AvgIpc) is 2.98. The Bertz CT molecular complexity index is 690. The van der Waals surface area contributed by atoms with Gasteiger partial charge in [-0.1, -0.05) is 0 Å². The quantitative estimate of drug-likeness (QED) is 0.737. The number of aromatic nitrogens is 3. The zero-order valence-electron chi connectivity index (χ0n) is 10.5. The molecular formula is C12H12N4S3. The van der Waals surface area contributed by atoms with E-state index in [-0.39, 0.29) is 0 Å². The van der Waals surface area contributed by atoms with E-state index in [0.29, 0.717) is 5.95 Å². The summed E-state index contributed by atoms with van der Waals surface area (Å²) in [6.45, 7) is 4.95. The van der Waals surface area contributed by atoms with Crippen molar-refractivity contribution < 1.29 is 0 Å². The lowest BCUT2D eigenvalue weighted by Crippen LogP contribution is -2.02. The van der Waals surface area contributed by atoms with Crippen molar-refractivity contribution in [1.29, 1.82) is 0 Å². The van der Waals surface area contributed by atoms with Gasteiger partial charge in [-0.15, -0.1) is 22.7 Å². The highest BCUT2D eigenvalue weighted by Gasteiger charge is 2.12. The Labute approximate surface area is 123 Å². The molecule has 0 spiro atoms. The SMILES string of the molecule is CCNc1nc(Sc2nccs2)c2cc(C)sc2n1. The molecule has 0 unspecified atom stereocenters. The Balaban J connectivity index is 2.08. The first-order chi connectivity index (χ1) is 9.26. The monoisotopic (exact) mass is 308 g/mol. The maximum Gasteiger partial charge on any atom is 0.225 e. The third-order valence-corrected chi connectivity index (χ3v) is 5.24. The molecule has 0 saturated carbocycles. The van der Waals surface area contributed by atoms with Crippen LogP contribution >= 0.6 is 34.4 Å². The van der Waals surface area contributed by atoms with Crippen LogP contribution in [0, 0.1) is 6.92 Å². The van der Waals surface area contributed by atoms with Crippen molar-refractivity contribution in [1.82, 2.24) is 15.0 Å². The molecule has 0 aliphatic rings. The number of anilines is 1. The number of hydrogen-bond donors (Lipinski definition) is 1. The van der Waals surface area contributed by atoms with Gasteiger partial charge in [0, 0.05) is 28.4 Å². The summed E-state index contributed by atoms with van der Waals surface area (Å²) in [5, 5.41) is 7.25. The Kier molecular flexibility index (Phi) is 3.67. The largest absolute Gasteiger partial charge is 0.354 e. The van der Waals surface area contributed by atoms with Crippen LogP contribution in [0.5, 0.6) is 0 Å². The second-order valence-electron chi connectivity index (χ2n) is 3.86. The van der Waals surface area contributed by atoms with Crippen molar-refractivity contribution in [2.24, 2.45) is 0 Å². The fourth-order valence-corrected chi connectivity index (χ4v) is 4.25. The Hall–Kier alpha value is -1.18. The highest BCUT2D eigenvalue weighted by molar-refractivity contribution is 8.01. The molecule has 0 bridgehead atoms. The van der Waals surface area contributed by atoms with Gasteiger partial charge in [0.2, 0.25) is 5.95 Å². The first-order valence-electron chi connectivity index (χ1n) is 5.85. The number of nitrogens with one attached hydrogen (secondary N) is 1. The maximum atomic E-state index is 4.59. The van der Waals surface area contributed by atoms with Gasteiger partial charge in [0.15, 0.2) is 4.34 Å². The van der Waals surface area contributed by atoms with E-state index in [1.54, 1.807) is 34.4 Å². The molecule has 0 aliphatic heterocycles. The Morgan fingerprint density at radius 3 is 3.00 bits per heavy atom. The molecule has 3 aromatic rings. The Morgan fingerprint density at radius 1 is 1.37 bits per heavy atom. The minimum atomic E-state index is 0.691. The van der Waals surface area contributed by atoms with Gasteiger partial charge in [-0.25, -0.2) is 15.0 Å². The minimum Gasteiger partial charge on any atom is -0.354 e. The third kappa shape index (κ3) is 2.72. The first kappa shape index (κ1) is 12.8. The van der Waals surface area contributed by atoms with Crippen LogP contribution in [-0.4, -0.2) is 21.5 Å². The van der Waals surface area contributed by atoms with Crippen LogP contribution in [0.4, 0.5) is 5.95 Å². The number of fused-ring (bicyclic) bond motifs is 1. The van der Waals surface area contributed by atoms with Crippen LogP contribution in [0.2, 0.25) is 0 Å². The van der Waals surface area contributed by atoms with Crippen molar-refractivity contribution in [2.45, 2.75) is 23.2 Å². The lowest BCUT2D eigenvalue weighted by molar-refractivity contribution is 1.05. The van der Waals surface area contributed by atoms with E-state index >= 15 is 0 Å². The average molecular weight is 308 g/mol. The van der Waals surface area contributed by atoms with Gasteiger partial charge in [0.05, 0.1) is 0 Å². The van der Waals surface area contributed by atoms with Crippen LogP contribution in [0.15, 0.2) is 27.0 Å². The van der Waals surface area contributed by atoms with E-state index in [9.17, 15) is 0 Å². The van der Waals surface area contributed by atoms with Gasteiger partial charge in [-0.3, -0.25) is 0 Å². The summed E-state index contributed by atoms with van der Waals surface area (Å²) in [6.07, 6.45) is 1.81. The van der Waals surface area contributed by atoms with Gasteiger partial charge < -0.3 is 5.32 Å². The van der Waals surface area contributed by atoms with Crippen LogP contribution in [0.25, 0.3) is 10.2 Å². The molecule has 4 nitrogen and oxygen atoms in total. The molecule has 0 amide bonds. The van der Waals surface area contributed by atoms with Crippen LogP contribution in [0.1, 0.15) is 11.8 Å². The zero-order chi connectivity index (χ0) is 13.2. The lowest BCUT2D eigenvalue weighted by atomic mass is 10.4. The van der Waals surface area contributed by atoms with Gasteiger partial charge in [-0.05, 0) is 31.7 Å². The number of nitrogens with zero attached hydrogens (tertiary/aromatic N) is 3. The molecule has 98 valence electrons. The highest BCUT2D eigenvalue weighted by atomic mass is 32.2. The van der Waals surface area contributed by atoms with E-state index in [0.717, 1.165) is 26.1 Å². The van der Waals surface area contributed by atoms with Gasteiger partial charge in [-0.2, -0.15) is 0 Å². The van der Waals surface area contributed by atoms with Crippen molar-refractivity contribution in [3.8, 4) is 0 Å². The predicted octanol–water partition coefficient (Wildman–Crippen LogP) is 4.04. The molecule has 0 aliphatic carbocycles. The van der Waals surface area contributed by atoms with E-state index in [4.69, 9.17) is 0 Å². The number of thiophene rings is 1. The maximum absolute atomic E-state index is 4.59. The fraction of sp³-hybridized carbons (Fsp3) is 0.250. The van der Waals surface area contributed by atoms with Gasteiger partial charge >= 0.3 is 0 Å². The molecule has 0 fully saturated rings. The Morgan fingerprint density at radius 2 is 2.26 bits per heavy atom. The molecule has 3 aromatic heterocycles. The summed E-state index contributed by atoms with van der Waals surface area (Å²) in [5.41, 5.74) is 0. The van der Waals surface area contributed by atoms with Crippen LogP contribution in [0.3, 0.4) is 0 Å². The molecule has 0 aromatic carbocycles. The van der Waals surface area contributed by atoms with Gasteiger partial charge in [0.1, 0.15) is 9.86 Å². The van der Waals surface area contributed by atoms with E-state index in [1.165, 1.54) is 4.88 Å². The molecule has 0 radical (unpaired) electrons. The number of rotatable bonds is 4. The normalized spacial score (nSPS) is 11.1. The summed E-state index contributed by atoms with van der Waals surface area (Å²) >= 11 is 4.92. The lowest BCUT2D eigenvalue weighted by Gasteiger charge is -2.04. The molecule has 1 N–H and O–H groups in total. The number of aryl methyl sites for hydroxylation is 1. The molecule has 0 atom stereocenters. The van der Waals surface area contributed by atoms with Gasteiger partial charge in [0.25, 0.3) is 0 Å². The molecule has 7 heteroatoms. The standard InChI is InChI=1S/C12H12N4S3/c1-3-13-11-15-9-8(6-7(2)18-9)10(16-11)19-12-14-4-5-17-12/h4-6H,3H2,1-2H3,(H,13,15,16). The van der Waals surface area contributed by atoms with Crippen molar-refractivity contribution in [2.75, 3.05) is 11.9 Å². The van der Waals surface area contributed by atoms with Crippen molar-refractivity contribution in [3.63, 3.8) is 0 Å². The first-order valence-corrected chi connectivity index (χ1v) is 8.37. The smallest absolute Gasteiger partial charge is 0.225 e. The van der Waals surface area contributed by atoms with E-state index in [1.807, 2.05) is 18.5 Å². The number of hydrogen-bond acceptors (Lipinski definition) is 7. The van der Waals surface area contributed by atoms with Crippen LogP contribution < -0.4 is 5.32 Å². The molecular weight excluding hydrogens is 296 g/mol. The molecule has 3 rings (SSSR count). The predicted molar refractivity (Wildman–Crippen MR) is 82.6 cm³/mol. The third-order valence-electron chi connectivity index (χ3n) is 2.41. The summed E-state index contributed by atoms with van der Waals surface area (Å²) in [5.74, 6) is 0.691. The summed E-state index contributed by atoms with van der Waals surface area (Å²) < 4.78 is 1.01. The second-order valence-corrected chi connectivity index (χ2v) is 7.22. The fourth-order valence-electron chi connectivity index (χ4n) is 1.67. The summed E-state index contributed by atoms with van der Waals surface area (Å²) in [4.78, 5) is 15.7. The minimum absolute atomic E-state index is 0.691. The molecule has 19 heavy (non-hydrogen) atoms. The number of thiazole rings is 1.